The number of nitrogens with zero attached hydrogens (tertiary/aromatic N) is 2. The second kappa shape index (κ2) is 4.60. The molecule has 3 heteroatoms. The molecule has 2 atom stereocenters. The monoisotopic (exact) mass is 206 g/mol. The Morgan fingerprint density at radius 1 is 1.43 bits per heavy atom. The lowest BCUT2D eigenvalue weighted by molar-refractivity contribution is 0.335. The minimum absolute atomic E-state index is 0.704. The third-order valence-electron chi connectivity index (χ3n) is 2.62. The van der Waals surface area contributed by atoms with Crippen molar-refractivity contribution in [1.29, 1.82) is 0 Å². The molecule has 1 heterocycles. The summed E-state index contributed by atoms with van der Waals surface area (Å²) in [4.78, 5) is 8.44. The molecular formula is C11H14N2S. The van der Waals surface area contributed by atoms with Crippen LogP contribution in [0.15, 0.2) is 36.3 Å². The van der Waals surface area contributed by atoms with Crippen molar-refractivity contribution in [3.63, 3.8) is 0 Å². The molecule has 1 aliphatic carbocycles. The van der Waals surface area contributed by atoms with Crippen molar-refractivity contribution in [2.75, 3.05) is 0 Å². The van der Waals surface area contributed by atoms with Crippen LogP contribution < -0.4 is 0 Å². The van der Waals surface area contributed by atoms with Crippen LogP contribution >= 0.6 is 11.8 Å². The number of allylic oxidation sites excluding steroid dienone is 1. The molecule has 1 aromatic rings. The molecule has 1 aliphatic rings. The average Bonchev–Trinajstić information content (AvgIpc) is 2.23. The summed E-state index contributed by atoms with van der Waals surface area (Å²) in [7, 11) is 0. The van der Waals surface area contributed by atoms with Crippen LogP contribution in [-0.2, 0) is 0 Å². The normalized spacial score (nSPS) is 25.4. The second-order valence-electron chi connectivity index (χ2n) is 3.55. The molecule has 74 valence electrons. The van der Waals surface area contributed by atoms with Gasteiger partial charge in [-0.3, -0.25) is 0 Å². The van der Waals surface area contributed by atoms with E-state index in [1.807, 2.05) is 23.9 Å². The van der Waals surface area contributed by atoms with Gasteiger partial charge < -0.3 is 0 Å². The first-order valence-corrected chi connectivity index (χ1v) is 5.82. The number of rotatable bonds is 4. The Hall–Kier alpha value is -0.830. The van der Waals surface area contributed by atoms with Crippen LogP contribution in [0.2, 0.25) is 0 Å². The van der Waals surface area contributed by atoms with Crippen molar-refractivity contribution < 1.29 is 0 Å². The van der Waals surface area contributed by atoms with Crippen molar-refractivity contribution in [3.05, 3.63) is 31.1 Å². The van der Waals surface area contributed by atoms with Gasteiger partial charge in [0.2, 0.25) is 0 Å². The summed E-state index contributed by atoms with van der Waals surface area (Å²) in [6.07, 6.45) is 9.37. The highest BCUT2D eigenvalue weighted by Gasteiger charge is 2.30. The van der Waals surface area contributed by atoms with Gasteiger partial charge in [0.05, 0.1) is 0 Å². The van der Waals surface area contributed by atoms with Gasteiger partial charge in [-0.25, -0.2) is 9.97 Å². The second-order valence-corrected chi connectivity index (χ2v) is 4.76. The molecule has 0 unspecified atom stereocenters. The Balaban J connectivity index is 1.89. The fourth-order valence-corrected chi connectivity index (χ4v) is 2.87. The zero-order valence-corrected chi connectivity index (χ0v) is 8.91. The van der Waals surface area contributed by atoms with Crippen molar-refractivity contribution in [1.82, 2.24) is 9.97 Å². The zero-order chi connectivity index (χ0) is 9.80. The van der Waals surface area contributed by atoms with Crippen LogP contribution in [0.4, 0.5) is 0 Å². The highest BCUT2D eigenvalue weighted by Crippen LogP contribution is 2.41. The number of hydrogen-bond acceptors (Lipinski definition) is 3. The molecule has 1 saturated carbocycles. The van der Waals surface area contributed by atoms with Crippen LogP contribution in [0.25, 0.3) is 0 Å². The summed E-state index contributed by atoms with van der Waals surface area (Å²) >= 11 is 1.81. The first-order valence-electron chi connectivity index (χ1n) is 4.94. The van der Waals surface area contributed by atoms with Crippen molar-refractivity contribution in [2.24, 2.45) is 5.92 Å². The van der Waals surface area contributed by atoms with Gasteiger partial charge in [0.15, 0.2) is 5.16 Å². The molecule has 14 heavy (non-hydrogen) atoms. The minimum atomic E-state index is 0.704. The van der Waals surface area contributed by atoms with E-state index in [1.165, 1.54) is 12.8 Å². The van der Waals surface area contributed by atoms with E-state index in [0.717, 1.165) is 17.5 Å². The molecule has 0 aliphatic heterocycles. The highest BCUT2D eigenvalue weighted by molar-refractivity contribution is 7.99. The Bertz CT molecular complexity index is 299. The summed E-state index contributed by atoms with van der Waals surface area (Å²) < 4.78 is 0. The predicted molar refractivity (Wildman–Crippen MR) is 59.2 cm³/mol. The summed E-state index contributed by atoms with van der Waals surface area (Å²) in [5.74, 6) is 0.793. The van der Waals surface area contributed by atoms with Crippen LogP contribution in [0.1, 0.15) is 19.3 Å². The Kier molecular flexibility index (Phi) is 3.19. The van der Waals surface area contributed by atoms with E-state index in [4.69, 9.17) is 0 Å². The summed E-state index contributed by atoms with van der Waals surface area (Å²) in [5, 5.41) is 1.61. The summed E-state index contributed by atoms with van der Waals surface area (Å²) in [6, 6.07) is 1.85. The molecule has 0 N–H and O–H groups in total. The first-order chi connectivity index (χ1) is 6.90. The van der Waals surface area contributed by atoms with Crippen molar-refractivity contribution in [3.8, 4) is 0 Å². The highest BCUT2D eigenvalue weighted by atomic mass is 32.2. The van der Waals surface area contributed by atoms with Gasteiger partial charge in [-0.1, -0.05) is 17.8 Å². The lowest BCUT2D eigenvalue weighted by Gasteiger charge is -2.34. The maximum atomic E-state index is 4.22. The van der Waals surface area contributed by atoms with Gasteiger partial charge in [-0.2, -0.15) is 0 Å². The quantitative estimate of drug-likeness (QED) is 0.559. The Morgan fingerprint density at radius 3 is 2.79 bits per heavy atom. The third-order valence-corrected chi connectivity index (χ3v) is 3.96. The fourth-order valence-electron chi connectivity index (χ4n) is 1.66. The van der Waals surface area contributed by atoms with Gasteiger partial charge in [-0.05, 0) is 31.2 Å². The lowest BCUT2D eigenvalue weighted by atomic mass is 9.82. The molecule has 0 radical (unpaired) electrons. The molecule has 1 aromatic heterocycles. The van der Waals surface area contributed by atoms with Gasteiger partial charge in [0, 0.05) is 17.6 Å². The number of aromatic nitrogens is 2. The molecule has 0 amide bonds. The third kappa shape index (κ3) is 2.15. The SMILES string of the molecule is C=CC[C@@H]1CC[C@H]1Sc1ncccn1. The predicted octanol–water partition coefficient (Wildman–Crippen LogP) is 2.92. The molecule has 0 aromatic carbocycles. The van der Waals surface area contributed by atoms with Crippen LogP contribution in [0.5, 0.6) is 0 Å². The van der Waals surface area contributed by atoms with E-state index in [-0.39, 0.29) is 0 Å². The number of thioether (sulfide) groups is 1. The van der Waals surface area contributed by atoms with Crippen LogP contribution in [0.3, 0.4) is 0 Å². The van der Waals surface area contributed by atoms with Gasteiger partial charge >= 0.3 is 0 Å². The maximum absolute atomic E-state index is 4.22. The Morgan fingerprint density at radius 2 is 2.21 bits per heavy atom. The molecule has 2 rings (SSSR count). The lowest BCUT2D eigenvalue weighted by Crippen LogP contribution is -2.28. The van der Waals surface area contributed by atoms with E-state index in [1.54, 1.807) is 12.4 Å². The molecule has 0 saturated heterocycles. The molecular weight excluding hydrogens is 192 g/mol. The van der Waals surface area contributed by atoms with Gasteiger partial charge in [0.25, 0.3) is 0 Å². The molecule has 1 fully saturated rings. The average molecular weight is 206 g/mol. The summed E-state index contributed by atoms with van der Waals surface area (Å²) in [6.45, 7) is 3.78. The van der Waals surface area contributed by atoms with Crippen LogP contribution in [0, 0.1) is 5.92 Å². The topological polar surface area (TPSA) is 25.8 Å². The van der Waals surface area contributed by atoms with Crippen LogP contribution in [-0.4, -0.2) is 15.2 Å². The van der Waals surface area contributed by atoms with Gasteiger partial charge in [-0.15, -0.1) is 6.58 Å². The minimum Gasteiger partial charge on any atom is -0.231 e. The summed E-state index contributed by atoms with van der Waals surface area (Å²) in [5.41, 5.74) is 0. The molecule has 2 nitrogen and oxygen atoms in total. The fraction of sp³-hybridized carbons (Fsp3) is 0.455. The smallest absolute Gasteiger partial charge is 0.187 e. The van der Waals surface area contributed by atoms with E-state index in [0.29, 0.717) is 5.25 Å². The largest absolute Gasteiger partial charge is 0.231 e. The maximum Gasteiger partial charge on any atom is 0.187 e. The Labute approximate surface area is 88.9 Å². The number of hydrogen-bond donors (Lipinski definition) is 0. The molecule has 0 bridgehead atoms. The van der Waals surface area contributed by atoms with Crippen molar-refractivity contribution >= 4 is 11.8 Å². The van der Waals surface area contributed by atoms with Crippen molar-refractivity contribution in [2.45, 2.75) is 29.7 Å². The first kappa shape index (κ1) is 9.71. The van der Waals surface area contributed by atoms with E-state index in [9.17, 15) is 0 Å². The standard InChI is InChI=1S/C11H14N2S/c1-2-4-9-5-6-10(9)14-11-12-7-3-8-13-11/h2-3,7-10H,1,4-6H2/t9-,10-/m1/s1. The van der Waals surface area contributed by atoms with E-state index >= 15 is 0 Å². The van der Waals surface area contributed by atoms with Gasteiger partial charge in [0.1, 0.15) is 0 Å². The molecule has 0 spiro atoms. The van der Waals surface area contributed by atoms with E-state index < -0.39 is 0 Å². The van der Waals surface area contributed by atoms with E-state index in [2.05, 4.69) is 16.5 Å². The zero-order valence-electron chi connectivity index (χ0n) is 8.10.